The van der Waals surface area contributed by atoms with Crippen LogP contribution in [0.3, 0.4) is 0 Å². The number of amides is 2. The minimum absolute atomic E-state index is 0.00395. The quantitative estimate of drug-likeness (QED) is 0.198. The lowest BCUT2D eigenvalue weighted by atomic mass is 9.87. The van der Waals surface area contributed by atoms with E-state index >= 15 is 0 Å². The van der Waals surface area contributed by atoms with Crippen molar-refractivity contribution in [2.75, 3.05) is 13.2 Å². The zero-order valence-corrected chi connectivity index (χ0v) is 24.6. The third-order valence-electron chi connectivity index (χ3n) is 7.20. The summed E-state index contributed by atoms with van der Waals surface area (Å²) in [6.07, 6.45) is -0.362. The van der Waals surface area contributed by atoms with Crippen LogP contribution in [-0.2, 0) is 35.1 Å². The first kappa shape index (κ1) is 32.4. The molecule has 1 fully saturated rings. The number of hydrogen-bond donors (Lipinski definition) is 1. The SMILES string of the molecule is CC(=O)O[C@@H](C(=O)C=C(C(=O)CCCCO)c1cccc(C)c1)[C@@H](Cc1ccccc1)C(=O)N1C(=O)OC[C@H]1C(C)C. The van der Waals surface area contributed by atoms with Crippen molar-refractivity contribution in [1.29, 1.82) is 0 Å². The number of ether oxygens (including phenoxy) is 2. The summed E-state index contributed by atoms with van der Waals surface area (Å²) in [5, 5.41) is 9.17. The van der Waals surface area contributed by atoms with Gasteiger partial charge in [-0.3, -0.25) is 19.2 Å². The Hall–Kier alpha value is -4.11. The maximum Gasteiger partial charge on any atom is 0.416 e. The number of cyclic esters (lactones) is 1. The molecular formula is C33H39NO8. The zero-order valence-electron chi connectivity index (χ0n) is 24.6. The lowest BCUT2D eigenvalue weighted by Crippen LogP contribution is -2.50. The molecule has 0 spiro atoms. The molecule has 2 aromatic carbocycles. The van der Waals surface area contributed by atoms with Crippen molar-refractivity contribution in [3.05, 3.63) is 77.4 Å². The molecule has 1 saturated heterocycles. The number of esters is 1. The Morgan fingerprint density at radius 2 is 1.79 bits per heavy atom. The molecule has 9 nitrogen and oxygen atoms in total. The van der Waals surface area contributed by atoms with E-state index in [0.29, 0.717) is 24.0 Å². The van der Waals surface area contributed by atoms with E-state index in [-0.39, 0.29) is 43.3 Å². The molecule has 224 valence electrons. The highest BCUT2D eigenvalue weighted by atomic mass is 16.6. The number of imide groups is 1. The molecule has 0 aliphatic carbocycles. The van der Waals surface area contributed by atoms with Crippen molar-refractivity contribution in [3.63, 3.8) is 0 Å². The molecule has 0 bridgehead atoms. The average Bonchev–Trinajstić information content (AvgIpc) is 3.35. The standard InChI is InChI=1S/C33H39NO8/c1-21(2)28-20-41-33(40)34(28)32(39)27(18-24-12-6-5-7-13-24)31(42-23(4)36)30(38)19-26(29(37)15-8-9-16-35)25-14-10-11-22(3)17-25/h5-7,10-14,17,19,21,27-28,31,35H,8-9,15-16,18,20H2,1-4H3/t27-,28+,31-/m1/s1. The first-order valence-corrected chi connectivity index (χ1v) is 14.2. The molecule has 2 amide bonds. The first-order valence-electron chi connectivity index (χ1n) is 14.2. The number of aryl methyl sites for hydroxylation is 1. The summed E-state index contributed by atoms with van der Waals surface area (Å²) in [5.74, 6) is -3.94. The molecule has 3 rings (SSSR count). The summed E-state index contributed by atoms with van der Waals surface area (Å²) in [7, 11) is 0. The van der Waals surface area contributed by atoms with Crippen molar-refractivity contribution >= 4 is 35.1 Å². The molecule has 0 saturated carbocycles. The number of rotatable bonds is 14. The molecule has 1 N–H and O–H groups in total. The maximum absolute atomic E-state index is 14.1. The molecule has 1 heterocycles. The van der Waals surface area contributed by atoms with Crippen molar-refractivity contribution in [3.8, 4) is 0 Å². The molecule has 2 aromatic rings. The summed E-state index contributed by atoms with van der Waals surface area (Å²) in [4.78, 5) is 67.5. The predicted octanol–water partition coefficient (Wildman–Crippen LogP) is 4.47. The fourth-order valence-corrected chi connectivity index (χ4v) is 4.96. The van der Waals surface area contributed by atoms with E-state index < -0.39 is 41.8 Å². The van der Waals surface area contributed by atoms with E-state index in [1.165, 1.54) is 0 Å². The molecule has 0 aromatic heterocycles. The summed E-state index contributed by atoms with van der Waals surface area (Å²) >= 11 is 0. The van der Waals surface area contributed by atoms with Crippen LogP contribution in [0.5, 0.6) is 0 Å². The lowest BCUT2D eigenvalue weighted by Gasteiger charge is -2.30. The van der Waals surface area contributed by atoms with Crippen LogP contribution < -0.4 is 0 Å². The number of nitrogens with zero attached hydrogens (tertiary/aromatic N) is 1. The predicted molar refractivity (Wildman–Crippen MR) is 156 cm³/mol. The van der Waals surface area contributed by atoms with Gasteiger partial charge in [0.15, 0.2) is 17.7 Å². The minimum Gasteiger partial charge on any atom is -0.453 e. The number of aliphatic hydroxyl groups is 1. The van der Waals surface area contributed by atoms with Gasteiger partial charge in [-0.2, -0.15) is 0 Å². The van der Waals surface area contributed by atoms with Gasteiger partial charge in [-0.25, -0.2) is 9.69 Å². The van der Waals surface area contributed by atoms with E-state index in [1.54, 1.807) is 48.5 Å². The molecule has 1 aliphatic rings. The highest BCUT2D eigenvalue weighted by Crippen LogP contribution is 2.28. The normalized spacial score (nSPS) is 16.6. The van der Waals surface area contributed by atoms with E-state index in [2.05, 4.69) is 0 Å². The number of Topliss-reactive ketones (excluding diaryl/α,β-unsaturated/α-hetero) is 1. The monoisotopic (exact) mass is 577 g/mol. The van der Waals surface area contributed by atoms with Gasteiger partial charge in [0.25, 0.3) is 0 Å². The molecule has 42 heavy (non-hydrogen) atoms. The van der Waals surface area contributed by atoms with Gasteiger partial charge in [-0.15, -0.1) is 0 Å². The highest BCUT2D eigenvalue weighted by Gasteiger charge is 2.46. The highest BCUT2D eigenvalue weighted by molar-refractivity contribution is 6.25. The average molecular weight is 578 g/mol. The summed E-state index contributed by atoms with van der Waals surface area (Å²) in [6.45, 7) is 6.66. The smallest absolute Gasteiger partial charge is 0.416 e. The van der Waals surface area contributed by atoms with E-state index in [0.717, 1.165) is 23.5 Å². The number of aliphatic hydroxyl groups excluding tert-OH is 1. The molecule has 9 heteroatoms. The minimum atomic E-state index is -1.61. The van der Waals surface area contributed by atoms with Crippen LogP contribution in [0.4, 0.5) is 4.79 Å². The van der Waals surface area contributed by atoms with Crippen LogP contribution >= 0.6 is 0 Å². The number of carbonyl (C=O) groups excluding carboxylic acids is 5. The van der Waals surface area contributed by atoms with Crippen molar-refractivity contribution < 1.29 is 38.6 Å². The van der Waals surface area contributed by atoms with Crippen molar-refractivity contribution in [1.82, 2.24) is 4.90 Å². The second-order valence-electron chi connectivity index (χ2n) is 10.9. The van der Waals surface area contributed by atoms with Gasteiger partial charge >= 0.3 is 12.1 Å². The number of benzene rings is 2. The second kappa shape index (κ2) is 15.2. The second-order valence-corrected chi connectivity index (χ2v) is 10.9. The Kier molecular flexibility index (Phi) is 11.7. The van der Waals surface area contributed by atoms with Gasteiger partial charge in [0, 0.05) is 25.5 Å². The third-order valence-corrected chi connectivity index (χ3v) is 7.20. The molecule has 1 aliphatic heterocycles. The molecule has 0 unspecified atom stereocenters. The Morgan fingerprint density at radius 3 is 2.40 bits per heavy atom. The number of ketones is 2. The lowest BCUT2D eigenvalue weighted by molar-refractivity contribution is -0.159. The maximum atomic E-state index is 14.1. The van der Waals surface area contributed by atoms with Gasteiger partial charge in [0.2, 0.25) is 5.91 Å². The Balaban J connectivity index is 2.11. The largest absolute Gasteiger partial charge is 0.453 e. The van der Waals surface area contributed by atoms with Crippen molar-refractivity contribution in [2.24, 2.45) is 11.8 Å². The van der Waals surface area contributed by atoms with Crippen LogP contribution in [0, 0.1) is 18.8 Å². The Bertz CT molecular complexity index is 1320. The third kappa shape index (κ3) is 8.45. The number of hydrogen-bond acceptors (Lipinski definition) is 8. The van der Waals surface area contributed by atoms with Gasteiger partial charge in [0.1, 0.15) is 6.61 Å². The van der Waals surface area contributed by atoms with Crippen LogP contribution in [0.15, 0.2) is 60.7 Å². The Labute approximate surface area is 246 Å². The van der Waals surface area contributed by atoms with Gasteiger partial charge in [-0.05, 0) is 49.3 Å². The van der Waals surface area contributed by atoms with E-state index in [1.807, 2.05) is 26.8 Å². The van der Waals surface area contributed by atoms with Crippen LogP contribution in [0.2, 0.25) is 0 Å². The summed E-state index contributed by atoms with van der Waals surface area (Å²) in [6, 6.07) is 15.5. The summed E-state index contributed by atoms with van der Waals surface area (Å²) in [5.41, 5.74) is 2.19. The first-order chi connectivity index (χ1) is 20.0. The van der Waals surface area contributed by atoms with E-state index in [9.17, 15) is 29.1 Å². The Morgan fingerprint density at radius 1 is 1.07 bits per heavy atom. The van der Waals surface area contributed by atoms with E-state index in [4.69, 9.17) is 9.47 Å². The fourth-order valence-electron chi connectivity index (χ4n) is 4.96. The molecular weight excluding hydrogens is 538 g/mol. The van der Waals surface area contributed by atoms with Crippen LogP contribution in [0.1, 0.15) is 56.7 Å². The zero-order chi connectivity index (χ0) is 30.8. The van der Waals surface area contributed by atoms with Crippen LogP contribution in [-0.4, -0.2) is 64.9 Å². The van der Waals surface area contributed by atoms with Gasteiger partial charge in [0.05, 0.1) is 12.0 Å². The summed E-state index contributed by atoms with van der Waals surface area (Å²) < 4.78 is 10.7. The fraction of sp³-hybridized carbons (Fsp3) is 0.424. The molecule has 0 radical (unpaired) electrons. The molecule has 3 atom stereocenters. The van der Waals surface area contributed by atoms with Crippen LogP contribution in [0.25, 0.3) is 5.57 Å². The number of carbonyl (C=O) groups is 5. The number of allylic oxidation sites excluding steroid dienone is 1. The topological polar surface area (TPSA) is 127 Å². The van der Waals surface area contributed by atoms with Gasteiger partial charge < -0.3 is 14.6 Å². The van der Waals surface area contributed by atoms with Gasteiger partial charge in [-0.1, -0.05) is 74.0 Å². The number of unbranched alkanes of at least 4 members (excludes halogenated alkanes) is 1. The van der Waals surface area contributed by atoms with Crippen molar-refractivity contribution in [2.45, 2.75) is 65.5 Å².